The summed E-state index contributed by atoms with van der Waals surface area (Å²) in [5.74, 6) is 1.33. The van der Waals surface area contributed by atoms with Crippen molar-refractivity contribution in [2.45, 2.75) is 6.04 Å². The molecule has 0 bridgehead atoms. The SMILES string of the molecule is COc1cccc(C(N)c2nc(-c3ccccc3[N+](=O)[O-])n[nH]2)c1. The van der Waals surface area contributed by atoms with E-state index in [0.717, 1.165) is 5.56 Å². The van der Waals surface area contributed by atoms with Gasteiger partial charge in [-0.15, -0.1) is 0 Å². The van der Waals surface area contributed by atoms with Crippen molar-refractivity contribution in [2.24, 2.45) is 5.73 Å². The second-order valence-corrected chi connectivity index (χ2v) is 5.07. The molecule has 0 aliphatic rings. The molecular formula is C16H15N5O3. The maximum atomic E-state index is 11.1. The fourth-order valence-corrected chi connectivity index (χ4v) is 2.35. The van der Waals surface area contributed by atoms with Crippen molar-refractivity contribution in [2.75, 3.05) is 7.11 Å². The largest absolute Gasteiger partial charge is 0.497 e. The summed E-state index contributed by atoms with van der Waals surface area (Å²) >= 11 is 0. The summed E-state index contributed by atoms with van der Waals surface area (Å²) in [6, 6.07) is 13.0. The molecule has 122 valence electrons. The molecule has 3 N–H and O–H groups in total. The van der Waals surface area contributed by atoms with Crippen LogP contribution in [0.2, 0.25) is 0 Å². The molecule has 24 heavy (non-hydrogen) atoms. The van der Waals surface area contributed by atoms with Gasteiger partial charge in [0, 0.05) is 6.07 Å². The van der Waals surface area contributed by atoms with E-state index in [2.05, 4.69) is 15.2 Å². The van der Waals surface area contributed by atoms with Gasteiger partial charge in [0.15, 0.2) is 5.82 Å². The zero-order chi connectivity index (χ0) is 17.1. The van der Waals surface area contributed by atoms with E-state index < -0.39 is 11.0 Å². The zero-order valence-electron chi connectivity index (χ0n) is 12.8. The Hall–Kier alpha value is -3.26. The minimum absolute atomic E-state index is 0.0574. The molecule has 0 aliphatic heterocycles. The second-order valence-electron chi connectivity index (χ2n) is 5.07. The third kappa shape index (κ3) is 2.95. The molecule has 2 aromatic carbocycles. The van der Waals surface area contributed by atoms with Crippen molar-refractivity contribution < 1.29 is 9.66 Å². The maximum Gasteiger partial charge on any atom is 0.280 e. The summed E-state index contributed by atoms with van der Waals surface area (Å²) in [6.07, 6.45) is 0. The van der Waals surface area contributed by atoms with E-state index in [0.29, 0.717) is 17.1 Å². The van der Waals surface area contributed by atoms with E-state index in [1.54, 1.807) is 31.4 Å². The van der Waals surface area contributed by atoms with Crippen molar-refractivity contribution in [1.29, 1.82) is 0 Å². The van der Waals surface area contributed by atoms with Gasteiger partial charge in [0.05, 0.1) is 23.6 Å². The average Bonchev–Trinajstić information content (AvgIpc) is 3.11. The molecule has 1 atom stereocenters. The van der Waals surface area contributed by atoms with Gasteiger partial charge in [-0.1, -0.05) is 24.3 Å². The predicted octanol–water partition coefficient (Wildman–Crippen LogP) is 2.44. The maximum absolute atomic E-state index is 11.1. The van der Waals surface area contributed by atoms with E-state index in [9.17, 15) is 10.1 Å². The lowest BCUT2D eigenvalue weighted by Gasteiger charge is -2.09. The summed E-state index contributed by atoms with van der Waals surface area (Å²) in [6.45, 7) is 0. The van der Waals surface area contributed by atoms with Crippen LogP contribution >= 0.6 is 0 Å². The van der Waals surface area contributed by atoms with Crippen LogP contribution in [0.1, 0.15) is 17.4 Å². The Kier molecular flexibility index (Phi) is 4.21. The van der Waals surface area contributed by atoms with Crippen LogP contribution in [0.4, 0.5) is 5.69 Å². The number of H-pyrrole nitrogens is 1. The number of para-hydroxylation sites is 1. The Labute approximate surface area is 137 Å². The van der Waals surface area contributed by atoms with E-state index >= 15 is 0 Å². The van der Waals surface area contributed by atoms with E-state index in [4.69, 9.17) is 10.5 Å². The molecular weight excluding hydrogens is 310 g/mol. The fraction of sp³-hybridized carbons (Fsp3) is 0.125. The predicted molar refractivity (Wildman–Crippen MR) is 87.5 cm³/mol. The molecule has 0 aliphatic carbocycles. The number of nitrogens with one attached hydrogen (secondary N) is 1. The number of nitrogens with two attached hydrogens (primary N) is 1. The van der Waals surface area contributed by atoms with Crippen molar-refractivity contribution in [3.63, 3.8) is 0 Å². The molecule has 0 saturated heterocycles. The standard InChI is InChI=1S/C16H15N5O3/c1-24-11-6-4-5-10(9-11)14(17)16-18-15(19-20-16)12-7-2-3-8-13(12)21(22)23/h2-9,14H,17H2,1H3,(H,18,19,20). The first-order chi connectivity index (χ1) is 11.6. The molecule has 0 amide bonds. The van der Waals surface area contributed by atoms with Crippen LogP contribution in [0.25, 0.3) is 11.4 Å². The molecule has 1 aromatic heterocycles. The molecule has 0 fully saturated rings. The number of hydrogen-bond donors (Lipinski definition) is 2. The Morgan fingerprint density at radius 3 is 2.79 bits per heavy atom. The minimum atomic E-state index is -0.552. The number of aromatic amines is 1. The van der Waals surface area contributed by atoms with Gasteiger partial charge in [-0.3, -0.25) is 15.2 Å². The molecule has 1 heterocycles. The summed E-state index contributed by atoms with van der Waals surface area (Å²) in [7, 11) is 1.58. The number of benzene rings is 2. The van der Waals surface area contributed by atoms with Gasteiger partial charge in [0.25, 0.3) is 5.69 Å². The Balaban J connectivity index is 1.95. The first kappa shape index (κ1) is 15.6. The van der Waals surface area contributed by atoms with Crippen LogP contribution in [0.5, 0.6) is 5.75 Å². The van der Waals surface area contributed by atoms with Gasteiger partial charge in [0.2, 0.25) is 0 Å². The van der Waals surface area contributed by atoms with Gasteiger partial charge < -0.3 is 10.5 Å². The monoisotopic (exact) mass is 325 g/mol. The normalized spacial score (nSPS) is 11.9. The van der Waals surface area contributed by atoms with Crippen molar-refractivity contribution in [1.82, 2.24) is 15.2 Å². The lowest BCUT2D eigenvalue weighted by atomic mass is 10.1. The van der Waals surface area contributed by atoms with Crippen LogP contribution in [0.3, 0.4) is 0 Å². The fourth-order valence-electron chi connectivity index (χ4n) is 2.35. The van der Waals surface area contributed by atoms with Gasteiger partial charge in [0.1, 0.15) is 11.6 Å². The van der Waals surface area contributed by atoms with Crippen molar-refractivity contribution in [3.05, 3.63) is 70.0 Å². The second kappa shape index (κ2) is 6.47. The highest BCUT2D eigenvalue weighted by molar-refractivity contribution is 5.67. The van der Waals surface area contributed by atoms with Crippen LogP contribution < -0.4 is 10.5 Å². The van der Waals surface area contributed by atoms with E-state index in [1.165, 1.54) is 6.07 Å². The zero-order valence-corrected chi connectivity index (χ0v) is 12.8. The number of nitro benzene ring substituents is 1. The number of nitrogens with zero attached hydrogens (tertiary/aromatic N) is 3. The van der Waals surface area contributed by atoms with Gasteiger partial charge in [-0.05, 0) is 23.8 Å². The summed E-state index contributed by atoms with van der Waals surface area (Å²) in [4.78, 5) is 15.0. The highest BCUT2D eigenvalue weighted by Gasteiger charge is 2.20. The van der Waals surface area contributed by atoms with Gasteiger partial charge >= 0.3 is 0 Å². The van der Waals surface area contributed by atoms with E-state index in [1.807, 2.05) is 18.2 Å². The molecule has 8 nitrogen and oxygen atoms in total. The smallest absolute Gasteiger partial charge is 0.280 e. The average molecular weight is 325 g/mol. The molecule has 0 radical (unpaired) electrons. The first-order valence-electron chi connectivity index (χ1n) is 7.15. The molecule has 3 aromatic rings. The topological polar surface area (TPSA) is 120 Å². The third-order valence-electron chi connectivity index (χ3n) is 3.59. The summed E-state index contributed by atoms with van der Waals surface area (Å²) in [5.41, 5.74) is 7.28. The van der Waals surface area contributed by atoms with Crippen LogP contribution in [0, 0.1) is 10.1 Å². The van der Waals surface area contributed by atoms with Crippen LogP contribution in [-0.2, 0) is 0 Å². The summed E-state index contributed by atoms with van der Waals surface area (Å²) in [5, 5.41) is 18.0. The lowest BCUT2D eigenvalue weighted by molar-refractivity contribution is -0.384. The number of rotatable bonds is 5. The molecule has 8 heteroatoms. The number of ether oxygens (including phenoxy) is 1. The van der Waals surface area contributed by atoms with Crippen LogP contribution in [-0.4, -0.2) is 27.2 Å². The Morgan fingerprint density at radius 2 is 2.04 bits per heavy atom. The molecule has 0 spiro atoms. The highest BCUT2D eigenvalue weighted by atomic mass is 16.6. The van der Waals surface area contributed by atoms with E-state index in [-0.39, 0.29) is 11.5 Å². The quantitative estimate of drug-likeness (QED) is 0.549. The lowest BCUT2D eigenvalue weighted by Crippen LogP contribution is -2.13. The van der Waals surface area contributed by atoms with Crippen molar-refractivity contribution in [3.8, 4) is 17.1 Å². The number of hydrogen-bond acceptors (Lipinski definition) is 6. The van der Waals surface area contributed by atoms with Crippen LogP contribution in [0.15, 0.2) is 48.5 Å². The Bertz CT molecular complexity index is 877. The highest BCUT2D eigenvalue weighted by Crippen LogP contribution is 2.28. The van der Waals surface area contributed by atoms with Crippen molar-refractivity contribution >= 4 is 5.69 Å². The number of nitro groups is 1. The summed E-state index contributed by atoms with van der Waals surface area (Å²) < 4.78 is 5.18. The van der Waals surface area contributed by atoms with Gasteiger partial charge in [-0.2, -0.15) is 5.10 Å². The number of aromatic nitrogens is 3. The minimum Gasteiger partial charge on any atom is -0.497 e. The molecule has 1 unspecified atom stereocenters. The molecule has 3 rings (SSSR count). The third-order valence-corrected chi connectivity index (χ3v) is 3.59. The first-order valence-corrected chi connectivity index (χ1v) is 7.15. The molecule has 0 saturated carbocycles. The van der Waals surface area contributed by atoms with Gasteiger partial charge in [-0.25, -0.2) is 4.98 Å². The number of methoxy groups -OCH3 is 1. The Morgan fingerprint density at radius 1 is 1.25 bits per heavy atom.